The second-order valence-electron chi connectivity index (χ2n) is 4.84. The summed E-state index contributed by atoms with van der Waals surface area (Å²) in [6.45, 7) is 0. The van der Waals surface area contributed by atoms with Gasteiger partial charge in [-0.15, -0.1) is 10.2 Å². The van der Waals surface area contributed by atoms with E-state index in [0.717, 1.165) is 18.7 Å². The number of nitrogens with zero attached hydrogens (tertiary/aromatic N) is 4. The van der Waals surface area contributed by atoms with Gasteiger partial charge in [0.05, 0.1) is 0 Å². The van der Waals surface area contributed by atoms with Crippen molar-refractivity contribution in [1.82, 2.24) is 19.6 Å². The summed E-state index contributed by atoms with van der Waals surface area (Å²) in [5.41, 5.74) is 3.45. The maximum Gasteiger partial charge on any atom is 0.198 e. The molecule has 94 valence electrons. The second-order valence-corrected chi connectivity index (χ2v) is 5.20. The third kappa shape index (κ3) is 1.64. The summed E-state index contributed by atoms with van der Waals surface area (Å²) in [6, 6.07) is 8.55. The normalized spacial score (nSPS) is 15.0. The van der Waals surface area contributed by atoms with Crippen molar-refractivity contribution in [2.24, 2.45) is 0 Å². The summed E-state index contributed by atoms with van der Waals surface area (Å²) >= 11 is 6.03. The predicted octanol–water partition coefficient (Wildman–Crippen LogP) is 2.66. The van der Waals surface area contributed by atoms with E-state index in [1.807, 2.05) is 10.6 Å². The van der Waals surface area contributed by atoms with Crippen LogP contribution in [0.15, 0.2) is 36.7 Å². The summed E-state index contributed by atoms with van der Waals surface area (Å²) in [5.74, 6) is 1.33. The average molecular weight is 271 g/mol. The van der Waals surface area contributed by atoms with E-state index in [1.165, 1.54) is 11.1 Å². The van der Waals surface area contributed by atoms with Gasteiger partial charge in [0.15, 0.2) is 10.8 Å². The minimum Gasteiger partial charge on any atom is -0.282 e. The van der Waals surface area contributed by atoms with Crippen LogP contribution >= 0.6 is 11.6 Å². The highest BCUT2D eigenvalue weighted by Crippen LogP contribution is 2.33. The van der Waals surface area contributed by atoms with Gasteiger partial charge in [0.25, 0.3) is 0 Å². The molecule has 19 heavy (non-hydrogen) atoms. The fourth-order valence-corrected chi connectivity index (χ4v) is 3.02. The Hall–Kier alpha value is -1.94. The first-order valence-electron chi connectivity index (χ1n) is 6.25. The van der Waals surface area contributed by atoms with Gasteiger partial charge < -0.3 is 0 Å². The molecule has 1 aromatic carbocycles. The van der Waals surface area contributed by atoms with Crippen molar-refractivity contribution in [3.8, 4) is 0 Å². The summed E-state index contributed by atoms with van der Waals surface area (Å²) in [6.07, 6.45) is 5.58. The first kappa shape index (κ1) is 10.9. The Kier molecular flexibility index (Phi) is 2.32. The summed E-state index contributed by atoms with van der Waals surface area (Å²) in [5, 5.41) is 8.85. The fraction of sp³-hybridized carbons (Fsp3) is 0.214. The lowest BCUT2D eigenvalue weighted by molar-refractivity contribution is 0.672. The molecule has 0 unspecified atom stereocenters. The van der Waals surface area contributed by atoms with E-state index in [9.17, 15) is 0 Å². The molecular weight excluding hydrogens is 260 g/mol. The third-order valence-corrected chi connectivity index (χ3v) is 3.99. The molecular formula is C14H11ClN4. The van der Waals surface area contributed by atoms with Crippen molar-refractivity contribution >= 4 is 17.2 Å². The first-order chi connectivity index (χ1) is 9.33. The molecule has 4 nitrogen and oxygen atoms in total. The number of hydrogen-bond acceptors (Lipinski definition) is 3. The van der Waals surface area contributed by atoms with Crippen LogP contribution in [-0.2, 0) is 12.8 Å². The predicted molar refractivity (Wildman–Crippen MR) is 72.4 cm³/mol. The zero-order chi connectivity index (χ0) is 12.8. The Morgan fingerprint density at radius 3 is 2.58 bits per heavy atom. The molecule has 4 rings (SSSR count). The Morgan fingerprint density at radius 2 is 1.84 bits per heavy atom. The van der Waals surface area contributed by atoms with E-state index in [1.54, 1.807) is 6.20 Å². The molecule has 2 aromatic heterocycles. The van der Waals surface area contributed by atoms with Gasteiger partial charge >= 0.3 is 0 Å². The molecule has 0 saturated heterocycles. The molecule has 0 fully saturated rings. The topological polar surface area (TPSA) is 43.1 Å². The maximum atomic E-state index is 6.03. The Bertz CT molecular complexity index is 740. The van der Waals surface area contributed by atoms with Gasteiger partial charge in [0, 0.05) is 18.3 Å². The number of aromatic nitrogens is 4. The van der Waals surface area contributed by atoms with Gasteiger partial charge in [0.2, 0.25) is 0 Å². The molecule has 1 aliphatic rings. The molecule has 2 heterocycles. The van der Waals surface area contributed by atoms with Gasteiger partial charge in [-0.3, -0.25) is 4.40 Å². The molecule has 3 aromatic rings. The van der Waals surface area contributed by atoms with Crippen molar-refractivity contribution in [1.29, 1.82) is 0 Å². The van der Waals surface area contributed by atoms with Crippen molar-refractivity contribution in [3.05, 3.63) is 58.8 Å². The van der Waals surface area contributed by atoms with E-state index in [4.69, 9.17) is 11.6 Å². The zero-order valence-electron chi connectivity index (χ0n) is 10.1. The Balaban J connectivity index is 1.80. The van der Waals surface area contributed by atoms with E-state index in [-0.39, 0.29) is 0 Å². The van der Waals surface area contributed by atoms with Crippen molar-refractivity contribution in [2.45, 2.75) is 18.8 Å². The minimum absolute atomic E-state index is 0.367. The van der Waals surface area contributed by atoms with Crippen LogP contribution in [0.2, 0.25) is 5.15 Å². The van der Waals surface area contributed by atoms with Gasteiger partial charge in [-0.05, 0) is 24.0 Å². The number of hydrogen-bond donors (Lipinski definition) is 0. The van der Waals surface area contributed by atoms with Gasteiger partial charge in [-0.1, -0.05) is 35.9 Å². The quantitative estimate of drug-likeness (QED) is 0.683. The van der Waals surface area contributed by atoms with Crippen LogP contribution in [0.5, 0.6) is 0 Å². The third-order valence-electron chi connectivity index (χ3n) is 3.73. The molecule has 0 atom stereocenters. The monoisotopic (exact) mass is 270 g/mol. The largest absolute Gasteiger partial charge is 0.282 e. The van der Waals surface area contributed by atoms with Crippen LogP contribution in [0.4, 0.5) is 0 Å². The van der Waals surface area contributed by atoms with E-state index >= 15 is 0 Å². The number of fused-ring (bicyclic) bond motifs is 2. The van der Waals surface area contributed by atoms with Gasteiger partial charge in [-0.2, -0.15) is 0 Å². The molecule has 5 heteroatoms. The zero-order valence-corrected chi connectivity index (χ0v) is 10.9. The van der Waals surface area contributed by atoms with E-state index < -0.39 is 0 Å². The van der Waals surface area contributed by atoms with Gasteiger partial charge in [-0.25, -0.2) is 4.98 Å². The number of benzene rings is 1. The highest BCUT2D eigenvalue weighted by molar-refractivity contribution is 6.32. The minimum atomic E-state index is 0.367. The van der Waals surface area contributed by atoms with Gasteiger partial charge in [0.1, 0.15) is 5.82 Å². The average Bonchev–Trinajstić information content (AvgIpc) is 3.02. The smallest absolute Gasteiger partial charge is 0.198 e. The number of halogens is 1. The summed E-state index contributed by atoms with van der Waals surface area (Å²) in [7, 11) is 0. The molecule has 0 bridgehead atoms. The van der Waals surface area contributed by atoms with E-state index in [0.29, 0.717) is 16.7 Å². The first-order valence-corrected chi connectivity index (χ1v) is 6.62. The maximum absolute atomic E-state index is 6.03. The fourth-order valence-electron chi connectivity index (χ4n) is 2.83. The van der Waals surface area contributed by atoms with Crippen molar-refractivity contribution in [2.75, 3.05) is 0 Å². The highest BCUT2D eigenvalue weighted by atomic mass is 35.5. The molecule has 0 amide bonds. The van der Waals surface area contributed by atoms with Crippen LogP contribution in [0.1, 0.15) is 22.9 Å². The Labute approximate surface area is 115 Å². The number of rotatable bonds is 1. The molecule has 0 spiro atoms. The van der Waals surface area contributed by atoms with E-state index in [2.05, 4.69) is 39.4 Å². The lowest BCUT2D eigenvalue weighted by atomic mass is 10.1. The van der Waals surface area contributed by atoms with Crippen LogP contribution in [0.3, 0.4) is 0 Å². The highest BCUT2D eigenvalue weighted by Gasteiger charge is 2.26. The van der Waals surface area contributed by atoms with Crippen LogP contribution in [0.25, 0.3) is 5.65 Å². The molecule has 0 aliphatic heterocycles. The Morgan fingerprint density at radius 1 is 1.11 bits per heavy atom. The molecule has 0 N–H and O–H groups in total. The lowest BCUT2D eigenvalue weighted by Gasteiger charge is -2.06. The SMILES string of the molecule is Clc1nccn2c(C3Cc4ccccc4C3)nnc12. The molecule has 0 radical (unpaired) electrons. The second kappa shape index (κ2) is 4.03. The molecule has 0 saturated carbocycles. The standard InChI is InChI=1S/C14H11ClN4/c15-12-14-18-17-13(19(14)6-5-16-12)11-7-9-3-1-2-4-10(9)8-11/h1-6,11H,7-8H2. The van der Waals surface area contributed by atoms with Crippen LogP contribution in [0, 0.1) is 0 Å². The lowest BCUT2D eigenvalue weighted by Crippen LogP contribution is -2.04. The van der Waals surface area contributed by atoms with Crippen molar-refractivity contribution < 1.29 is 0 Å². The van der Waals surface area contributed by atoms with Crippen LogP contribution < -0.4 is 0 Å². The summed E-state index contributed by atoms with van der Waals surface area (Å²) < 4.78 is 1.95. The summed E-state index contributed by atoms with van der Waals surface area (Å²) in [4.78, 5) is 4.03. The van der Waals surface area contributed by atoms with Crippen molar-refractivity contribution in [3.63, 3.8) is 0 Å². The molecule has 1 aliphatic carbocycles. The van der Waals surface area contributed by atoms with Crippen LogP contribution in [-0.4, -0.2) is 19.6 Å².